The molecule has 0 amide bonds. The molecule has 0 radical (unpaired) electrons. The fourth-order valence-electron chi connectivity index (χ4n) is 2.26. The van der Waals surface area contributed by atoms with Crippen LogP contribution in [0.4, 0.5) is 0 Å². The first-order valence-corrected chi connectivity index (χ1v) is 9.03. The van der Waals surface area contributed by atoms with Gasteiger partial charge in [0.2, 0.25) is 5.91 Å². The highest BCUT2D eigenvalue weighted by atomic mass is 32.2. The van der Waals surface area contributed by atoms with Crippen LogP contribution in [0.3, 0.4) is 0 Å². The van der Waals surface area contributed by atoms with Gasteiger partial charge in [-0.05, 0) is 42.5 Å². The van der Waals surface area contributed by atoms with E-state index in [-0.39, 0.29) is 16.7 Å². The van der Waals surface area contributed by atoms with Crippen LogP contribution >= 0.6 is 0 Å². The third kappa shape index (κ3) is 3.51. The molecule has 0 N–H and O–H groups in total. The van der Waals surface area contributed by atoms with Crippen LogP contribution < -0.4 is 5.69 Å². The summed E-state index contributed by atoms with van der Waals surface area (Å²) >= 11 is 0. The van der Waals surface area contributed by atoms with E-state index in [1.165, 1.54) is 18.3 Å². The number of hydrogen-bond donors (Lipinski definition) is 0. The quantitative estimate of drug-likeness (QED) is 0.852. The van der Waals surface area contributed by atoms with Gasteiger partial charge in [-0.2, -0.15) is 3.97 Å². The number of aryl methyl sites for hydroxylation is 2. The van der Waals surface area contributed by atoms with Gasteiger partial charge in [0.25, 0.3) is 10.0 Å². The largest absolute Gasteiger partial charge is 0.349 e. The molecule has 2 aromatic rings. The number of hydrogen-bond acceptors (Lipinski definition) is 4. The molecule has 0 bridgehead atoms. The zero-order valence-electron chi connectivity index (χ0n) is 14.5. The summed E-state index contributed by atoms with van der Waals surface area (Å²) in [6, 6.07) is 4.67. The summed E-state index contributed by atoms with van der Waals surface area (Å²) in [5.74, 6) is -0.429. The molecule has 0 aliphatic rings. The molecule has 7 heteroatoms. The Labute approximate surface area is 141 Å². The van der Waals surface area contributed by atoms with Crippen LogP contribution in [0.15, 0.2) is 40.3 Å². The maximum absolute atomic E-state index is 12.7. The molecule has 24 heavy (non-hydrogen) atoms. The highest BCUT2D eigenvalue weighted by Gasteiger charge is 2.24. The minimum atomic E-state index is -4.03. The van der Waals surface area contributed by atoms with Crippen molar-refractivity contribution in [2.45, 2.75) is 45.9 Å². The predicted octanol–water partition coefficient (Wildman–Crippen LogP) is 2.58. The normalized spacial score (nSPS) is 12.4. The van der Waals surface area contributed by atoms with Crippen molar-refractivity contribution < 1.29 is 13.2 Å². The van der Waals surface area contributed by atoms with Crippen molar-refractivity contribution in [1.82, 2.24) is 8.54 Å². The second-order valence-corrected chi connectivity index (χ2v) is 8.94. The molecular formula is C17H22N2O4S. The highest BCUT2D eigenvalue weighted by molar-refractivity contribution is 7.90. The molecule has 0 fully saturated rings. The Hall–Kier alpha value is -2.15. The molecule has 0 unspecified atom stereocenters. The molecular weight excluding hydrogens is 328 g/mol. The van der Waals surface area contributed by atoms with Crippen molar-refractivity contribution in [1.29, 1.82) is 0 Å². The average molecular weight is 350 g/mol. The molecule has 0 atom stereocenters. The minimum absolute atomic E-state index is 0.0220. The summed E-state index contributed by atoms with van der Waals surface area (Å²) in [4.78, 5) is 24.6. The van der Waals surface area contributed by atoms with Crippen molar-refractivity contribution in [3.63, 3.8) is 0 Å². The predicted molar refractivity (Wildman–Crippen MR) is 91.9 cm³/mol. The van der Waals surface area contributed by atoms with E-state index >= 15 is 0 Å². The van der Waals surface area contributed by atoms with Crippen molar-refractivity contribution in [2.24, 2.45) is 5.41 Å². The molecule has 0 saturated heterocycles. The number of aromatic nitrogens is 2. The lowest BCUT2D eigenvalue weighted by Crippen LogP contribution is -2.33. The lowest BCUT2D eigenvalue weighted by molar-refractivity contribution is 0.0852. The highest BCUT2D eigenvalue weighted by Crippen LogP contribution is 2.20. The number of imidazole rings is 1. The van der Waals surface area contributed by atoms with Crippen LogP contribution in [0.1, 0.15) is 43.1 Å². The van der Waals surface area contributed by atoms with Crippen LogP contribution in [0, 0.1) is 19.3 Å². The van der Waals surface area contributed by atoms with Crippen molar-refractivity contribution >= 4 is 15.9 Å². The molecule has 0 saturated carbocycles. The zero-order chi connectivity index (χ0) is 18.3. The van der Waals surface area contributed by atoms with Gasteiger partial charge in [-0.25, -0.2) is 17.8 Å². The lowest BCUT2D eigenvalue weighted by atomic mass is 9.92. The third-order valence-electron chi connectivity index (χ3n) is 3.73. The van der Waals surface area contributed by atoms with Gasteiger partial charge in [0.05, 0.1) is 4.90 Å². The fourth-order valence-corrected chi connectivity index (χ4v) is 3.56. The second-order valence-electron chi connectivity index (χ2n) is 7.13. The molecule has 1 heterocycles. The van der Waals surface area contributed by atoms with Crippen LogP contribution in [-0.4, -0.2) is 22.9 Å². The SMILES string of the molecule is Cc1ccc(S(=O)(=O)n2ccn(C(=O)CC(C)(C)C)c2=O)cc1C. The number of rotatable bonds is 3. The Balaban J connectivity index is 2.48. The summed E-state index contributed by atoms with van der Waals surface area (Å²) in [7, 11) is -4.03. The molecule has 1 aromatic carbocycles. The van der Waals surface area contributed by atoms with Gasteiger partial charge in [-0.3, -0.25) is 4.79 Å². The first-order chi connectivity index (χ1) is 10.9. The molecule has 0 spiro atoms. The van der Waals surface area contributed by atoms with E-state index in [1.807, 2.05) is 27.7 Å². The van der Waals surface area contributed by atoms with Crippen LogP contribution in [0.25, 0.3) is 0 Å². The van der Waals surface area contributed by atoms with E-state index in [0.29, 0.717) is 3.97 Å². The lowest BCUT2D eigenvalue weighted by Gasteiger charge is -2.16. The van der Waals surface area contributed by atoms with Crippen molar-refractivity contribution in [3.8, 4) is 0 Å². The van der Waals surface area contributed by atoms with E-state index in [0.717, 1.165) is 21.9 Å². The Morgan fingerprint density at radius 1 is 1.08 bits per heavy atom. The van der Waals surface area contributed by atoms with E-state index in [2.05, 4.69) is 0 Å². The van der Waals surface area contributed by atoms with Crippen LogP contribution in [0.5, 0.6) is 0 Å². The maximum Gasteiger partial charge on any atom is 0.349 e. The first-order valence-electron chi connectivity index (χ1n) is 7.59. The Kier molecular flexibility index (Phi) is 4.59. The average Bonchev–Trinajstić information content (AvgIpc) is 2.82. The Bertz CT molecular complexity index is 944. The summed E-state index contributed by atoms with van der Waals surface area (Å²) in [5.41, 5.74) is 0.597. The third-order valence-corrected chi connectivity index (χ3v) is 5.38. The minimum Gasteiger partial charge on any atom is -0.274 e. The summed E-state index contributed by atoms with van der Waals surface area (Å²) < 4.78 is 26.8. The first kappa shape index (κ1) is 18.2. The number of nitrogens with zero attached hydrogens (tertiary/aromatic N) is 2. The van der Waals surface area contributed by atoms with E-state index < -0.39 is 21.6 Å². The number of carbonyl (C=O) groups excluding carboxylic acids is 1. The summed E-state index contributed by atoms with van der Waals surface area (Å²) in [5, 5.41) is 0. The molecule has 6 nitrogen and oxygen atoms in total. The van der Waals surface area contributed by atoms with Crippen LogP contribution in [0.2, 0.25) is 0 Å². The van der Waals surface area contributed by atoms with Gasteiger partial charge >= 0.3 is 5.69 Å². The van der Waals surface area contributed by atoms with Gasteiger partial charge in [0.15, 0.2) is 0 Å². The zero-order valence-corrected chi connectivity index (χ0v) is 15.3. The Morgan fingerprint density at radius 2 is 1.71 bits per heavy atom. The molecule has 1 aromatic heterocycles. The second kappa shape index (κ2) is 6.05. The van der Waals surface area contributed by atoms with Crippen LogP contribution in [-0.2, 0) is 10.0 Å². The smallest absolute Gasteiger partial charge is 0.274 e. The van der Waals surface area contributed by atoms with Gasteiger partial charge in [0.1, 0.15) is 0 Å². The monoisotopic (exact) mass is 350 g/mol. The molecule has 0 aliphatic carbocycles. The standard InChI is InChI=1S/C17H22N2O4S/c1-12-6-7-14(10-13(12)2)24(22,23)19-9-8-18(16(19)21)15(20)11-17(3,4)5/h6-10H,11H2,1-5H3. The number of carbonyl (C=O) groups is 1. The molecule has 2 rings (SSSR count). The Morgan fingerprint density at radius 3 is 2.25 bits per heavy atom. The van der Waals surface area contributed by atoms with E-state index in [4.69, 9.17) is 0 Å². The van der Waals surface area contributed by atoms with E-state index in [9.17, 15) is 18.0 Å². The molecule has 0 aliphatic heterocycles. The van der Waals surface area contributed by atoms with Gasteiger partial charge in [0, 0.05) is 18.8 Å². The number of benzene rings is 1. The van der Waals surface area contributed by atoms with Crippen molar-refractivity contribution in [3.05, 3.63) is 52.2 Å². The van der Waals surface area contributed by atoms with Gasteiger partial charge < -0.3 is 0 Å². The van der Waals surface area contributed by atoms with E-state index in [1.54, 1.807) is 13.0 Å². The topological polar surface area (TPSA) is 78.1 Å². The van der Waals surface area contributed by atoms with Gasteiger partial charge in [-0.15, -0.1) is 0 Å². The molecule has 130 valence electrons. The maximum atomic E-state index is 12.7. The fraction of sp³-hybridized carbons (Fsp3) is 0.412. The summed E-state index contributed by atoms with van der Waals surface area (Å²) in [6.45, 7) is 9.30. The van der Waals surface area contributed by atoms with Crippen molar-refractivity contribution in [2.75, 3.05) is 0 Å². The van der Waals surface area contributed by atoms with Gasteiger partial charge in [-0.1, -0.05) is 26.8 Å². The summed E-state index contributed by atoms with van der Waals surface area (Å²) in [6.07, 6.45) is 2.46.